The lowest BCUT2D eigenvalue weighted by Crippen LogP contribution is -2.21. The summed E-state index contributed by atoms with van der Waals surface area (Å²) in [7, 11) is 0. The highest BCUT2D eigenvalue weighted by atomic mass is 16.5. The molecule has 0 fully saturated rings. The van der Waals surface area contributed by atoms with E-state index in [1.54, 1.807) is 24.3 Å². The van der Waals surface area contributed by atoms with Crippen molar-refractivity contribution < 1.29 is 19.1 Å². The lowest BCUT2D eigenvalue weighted by molar-refractivity contribution is -0.147. The number of aryl methyl sites for hydroxylation is 2. The van der Waals surface area contributed by atoms with Crippen LogP contribution in [0.25, 0.3) is 11.0 Å². The van der Waals surface area contributed by atoms with Gasteiger partial charge in [-0.25, -0.2) is 4.79 Å². The molecule has 0 aliphatic rings. The Hall–Kier alpha value is -3.68. The largest absolute Gasteiger partial charge is 0.456 e. The van der Waals surface area contributed by atoms with Crippen molar-refractivity contribution in [2.75, 3.05) is 11.9 Å². The summed E-state index contributed by atoms with van der Waals surface area (Å²) in [5.74, 6) is -1.28. The first-order valence-corrected chi connectivity index (χ1v) is 9.10. The lowest BCUT2D eigenvalue weighted by atomic mass is 9.99. The number of nitrogens with one attached hydrogen (secondary N) is 3. The van der Waals surface area contributed by atoms with E-state index in [0.29, 0.717) is 22.3 Å². The Kier molecular flexibility index (Phi) is 5.92. The summed E-state index contributed by atoms with van der Waals surface area (Å²) in [5.41, 5.74) is 3.71. The number of ketones is 1. The van der Waals surface area contributed by atoms with Gasteiger partial charge < -0.3 is 20.0 Å². The molecule has 3 aromatic rings. The number of aromatic amines is 2. The fraction of sp³-hybridized carbons (Fsp3) is 0.238. The molecule has 0 spiro atoms. The molecule has 0 bridgehead atoms. The van der Waals surface area contributed by atoms with Gasteiger partial charge in [0.25, 0.3) is 5.91 Å². The Balaban J connectivity index is 1.46. The number of fused-ring (bicyclic) bond motifs is 1. The fourth-order valence-corrected chi connectivity index (χ4v) is 2.91. The molecule has 29 heavy (non-hydrogen) atoms. The van der Waals surface area contributed by atoms with Crippen molar-refractivity contribution in [3.8, 4) is 0 Å². The van der Waals surface area contributed by atoms with Crippen LogP contribution in [0.1, 0.15) is 34.3 Å². The highest BCUT2D eigenvalue weighted by Crippen LogP contribution is 2.15. The zero-order valence-electron chi connectivity index (χ0n) is 16.1. The van der Waals surface area contributed by atoms with Crippen LogP contribution >= 0.6 is 0 Å². The van der Waals surface area contributed by atoms with Crippen molar-refractivity contribution in [1.82, 2.24) is 9.97 Å². The Labute approximate surface area is 166 Å². The number of Topliss-reactive ketones (excluding diaryl/α,β-unsaturated/α-hetero) is 1. The standard InChI is InChI=1S/C21H21N3O5/c1-12-3-4-13(2)15(9-12)18(25)7-8-20(27)29-11-19(26)22-14-5-6-16-17(10-14)24-21(28)23-16/h3-6,9-10H,7-8,11H2,1-2H3,(H,22,26)(H2,23,24,28). The maximum atomic E-state index is 12.3. The molecule has 0 aliphatic heterocycles. The number of aromatic nitrogens is 2. The number of carbonyl (C=O) groups is 3. The maximum Gasteiger partial charge on any atom is 0.323 e. The summed E-state index contributed by atoms with van der Waals surface area (Å²) in [4.78, 5) is 52.6. The van der Waals surface area contributed by atoms with E-state index in [4.69, 9.17) is 4.74 Å². The Morgan fingerprint density at radius 2 is 1.72 bits per heavy atom. The second-order valence-corrected chi connectivity index (χ2v) is 6.79. The minimum absolute atomic E-state index is 0.0161. The van der Waals surface area contributed by atoms with Crippen molar-refractivity contribution in [1.29, 1.82) is 0 Å². The van der Waals surface area contributed by atoms with Gasteiger partial charge in [0.2, 0.25) is 0 Å². The van der Waals surface area contributed by atoms with E-state index >= 15 is 0 Å². The molecule has 0 aliphatic carbocycles. The number of rotatable bonds is 7. The van der Waals surface area contributed by atoms with Crippen LogP contribution in [0.4, 0.5) is 5.69 Å². The van der Waals surface area contributed by atoms with Gasteiger partial charge in [0, 0.05) is 17.7 Å². The molecule has 8 nitrogen and oxygen atoms in total. The fourth-order valence-electron chi connectivity index (χ4n) is 2.91. The molecule has 0 saturated heterocycles. The van der Waals surface area contributed by atoms with Gasteiger partial charge in [0.05, 0.1) is 17.5 Å². The van der Waals surface area contributed by atoms with E-state index in [9.17, 15) is 19.2 Å². The average Bonchev–Trinajstić information content (AvgIpc) is 3.05. The number of esters is 1. The SMILES string of the molecule is Cc1ccc(C)c(C(=O)CCC(=O)OCC(=O)Nc2ccc3[nH]c(=O)[nH]c3c2)c1. The van der Waals surface area contributed by atoms with Crippen LogP contribution in [-0.4, -0.2) is 34.2 Å². The first kappa shape index (κ1) is 20.1. The van der Waals surface area contributed by atoms with E-state index in [1.807, 2.05) is 26.0 Å². The second-order valence-electron chi connectivity index (χ2n) is 6.79. The molecule has 3 N–H and O–H groups in total. The summed E-state index contributed by atoms with van der Waals surface area (Å²) in [6.07, 6.45) is -0.0850. The van der Waals surface area contributed by atoms with Gasteiger partial charge in [-0.15, -0.1) is 0 Å². The minimum atomic E-state index is -0.621. The number of carbonyl (C=O) groups excluding carboxylic acids is 3. The van der Waals surface area contributed by atoms with Crippen molar-refractivity contribution in [2.24, 2.45) is 0 Å². The zero-order chi connectivity index (χ0) is 21.0. The van der Waals surface area contributed by atoms with Crippen LogP contribution in [0.3, 0.4) is 0 Å². The summed E-state index contributed by atoms with van der Waals surface area (Å²) < 4.78 is 4.94. The number of amides is 1. The van der Waals surface area contributed by atoms with Gasteiger partial charge >= 0.3 is 11.7 Å². The summed E-state index contributed by atoms with van der Waals surface area (Å²) in [6, 6.07) is 10.4. The quantitative estimate of drug-likeness (QED) is 0.419. The molecule has 8 heteroatoms. The third-order valence-corrected chi connectivity index (χ3v) is 4.41. The van der Waals surface area contributed by atoms with Crippen molar-refractivity contribution >= 4 is 34.4 Å². The number of hydrogen-bond donors (Lipinski definition) is 3. The van der Waals surface area contributed by atoms with Crippen LogP contribution < -0.4 is 11.0 Å². The van der Waals surface area contributed by atoms with E-state index in [0.717, 1.165) is 11.1 Å². The third kappa shape index (κ3) is 5.19. The van der Waals surface area contributed by atoms with E-state index in [2.05, 4.69) is 15.3 Å². The van der Waals surface area contributed by atoms with E-state index in [1.165, 1.54) is 0 Å². The van der Waals surface area contributed by atoms with Crippen LogP contribution in [0, 0.1) is 13.8 Å². The Morgan fingerprint density at radius 3 is 2.52 bits per heavy atom. The van der Waals surface area contributed by atoms with Gasteiger partial charge in [-0.2, -0.15) is 0 Å². The Bertz CT molecular complexity index is 1140. The molecule has 150 valence electrons. The van der Waals surface area contributed by atoms with Gasteiger partial charge in [-0.1, -0.05) is 17.7 Å². The Morgan fingerprint density at radius 1 is 0.966 bits per heavy atom. The topological polar surface area (TPSA) is 121 Å². The molecule has 0 unspecified atom stereocenters. The van der Waals surface area contributed by atoms with Crippen molar-refractivity contribution in [3.05, 3.63) is 63.6 Å². The van der Waals surface area contributed by atoms with Crippen LogP contribution in [0.2, 0.25) is 0 Å². The molecule has 0 saturated carbocycles. The molecule has 0 atom stereocenters. The molecule has 1 heterocycles. The number of H-pyrrole nitrogens is 2. The number of hydrogen-bond acceptors (Lipinski definition) is 5. The molecule has 0 radical (unpaired) electrons. The highest BCUT2D eigenvalue weighted by molar-refractivity contribution is 5.99. The molecular weight excluding hydrogens is 374 g/mol. The van der Waals surface area contributed by atoms with Crippen LogP contribution in [0.15, 0.2) is 41.2 Å². The maximum absolute atomic E-state index is 12.3. The van der Waals surface area contributed by atoms with Crippen LogP contribution in [-0.2, 0) is 14.3 Å². The van der Waals surface area contributed by atoms with Gasteiger partial charge in [-0.05, 0) is 43.7 Å². The average molecular weight is 395 g/mol. The van der Waals surface area contributed by atoms with E-state index in [-0.39, 0.29) is 24.3 Å². The number of anilines is 1. The second kappa shape index (κ2) is 8.55. The summed E-state index contributed by atoms with van der Waals surface area (Å²) in [6.45, 7) is 3.28. The highest BCUT2D eigenvalue weighted by Gasteiger charge is 2.14. The van der Waals surface area contributed by atoms with Gasteiger partial charge in [0.15, 0.2) is 12.4 Å². The van der Waals surface area contributed by atoms with Crippen molar-refractivity contribution in [3.63, 3.8) is 0 Å². The normalized spacial score (nSPS) is 10.7. The summed E-state index contributed by atoms with van der Waals surface area (Å²) >= 11 is 0. The minimum Gasteiger partial charge on any atom is -0.456 e. The molecule has 3 rings (SSSR count). The first-order valence-electron chi connectivity index (χ1n) is 9.10. The van der Waals surface area contributed by atoms with Crippen molar-refractivity contribution in [2.45, 2.75) is 26.7 Å². The van der Waals surface area contributed by atoms with Gasteiger partial charge in [0.1, 0.15) is 0 Å². The lowest BCUT2D eigenvalue weighted by Gasteiger charge is -2.08. The number of ether oxygens (including phenoxy) is 1. The zero-order valence-corrected chi connectivity index (χ0v) is 16.1. The predicted molar refractivity (Wildman–Crippen MR) is 108 cm³/mol. The van der Waals surface area contributed by atoms with Gasteiger partial charge in [-0.3, -0.25) is 14.4 Å². The predicted octanol–water partition coefficient (Wildman–Crippen LogP) is 2.62. The molecule has 1 aromatic heterocycles. The number of benzene rings is 2. The molecule has 1 amide bonds. The molecular formula is C21H21N3O5. The van der Waals surface area contributed by atoms with Crippen LogP contribution in [0.5, 0.6) is 0 Å². The third-order valence-electron chi connectivity index (χ3n) is 4.41. The first-order chi connectivity index (χ1) is 13.8. The van der Waals surface area contributed by atoms with E-state index < -0.39 is 18.5 Å². The summed E-state index contributed by atoms with van der Waals surface area (Å²) in [5, 5.41) is 2.58. The monoisotopic (exact) mass is 395 g/mol. The molecule has 2 aromatic carbocycles. The number of imidazole rings is 1. The smallest absolute Gasteiger partial charge is 0.323 e.